The van der Waals surface area contributed by atoms with Crippen molar-refractivity contribution in [2.45, 2.75) is 64.6 Å². The fraction of sp³-hybridized carbons (Fsp3) is 0.762. The van der Waals surface area contributed by atoms with Crippen molar-refractivity contribution < 1.29 is 14.3 Å². The van der Waals surface area contributed by atoms with Crippen molar-refractivity contribution in [1.29, 1.82) is 0 Å². The van der Waals surface area contributed by atoms with Gasteiger partial charge in [-0.1, -0.05) is 37.1 Å². The summed E-state index contributed by atoms with van der Waals surface area (Å²) in [5.74, 6) is 1.28. The van der Waals surface area contributed by atoms with Crippen LogP contribution in [0.2, 0.25) is 0 Å². The van der Waals surface area contributed by atoms with Crippen LogP contribution in [0.3, 0.4) is 0 Å². The largest absolute Gasteiger partial charge is 0.347 e. The number of hydrogen-bond acceptors (Lipinski definition) is 3. The van der Waals surface area contributed by atoms with E-state index in [4.69, 9.17) is 9.47 Å². The lowest BCUT2D eigenvalue weighted by Crippen LogP contribution is -2.47. The number of ketones is 1. The first-order valence-corrected chi connectivity index (χ1v) is 9.68. The van der Waals surface area contributed by atoms with Crippen molar-refractivity contribution in [2.24, 2.45) is 22.7 Å². The number of allylic oxidation sites excluding steroid dienone is 3. The summed E-state index contributed by atoms with van der Waals surface area (Å²) in [6, 6.07) is 0. The summed E-state index contributed by atoms with van der Waals surface area (Å²) in [6.07, 6.45) is 11.9. The molecule has 5 aliphatic rings. The third-order valence-electron chi connectivity index (χ3n) is 8.01. The van der Waals surface area contributed by atoms with Gasteiger partial charge in [0.1, 0.15) is 5.78 Å². The van der Waals surface area contributed by atoms with Crippen LogP contribution in [0.4, 0.5) is 0 Å². The maximum absolute atomic E-state index is 12.5. The molecule has 1 aliphatic heterocycles. The number of rotatable bonds is 0. The molecule has 1 spiro atoms. The van der Waals surface area contributed by atoms with Gasteiger partial charge in [0.15, 0.2) is 5.79 Å². The van der Waals surface area contributed by atoms with Gasteiger partial charge in [-0.2, -0.15) is 0 Å². The molecule has 1 heterocycles. The van der Waals surface area contributed by atoms with Gasteiger partial charge in [-0.15, -0.1) is 0 Å². The van der Waals surface area contributed by atoms with E-state index in [1.807, 2.05) is 0 Å². The summed E-state index contributed by atoms with van der Waals surface area (Å²) in [5, 5.41) is 0. The van der Waals surface area contributed by atoms with E-state index in [0.29, 0.717) is 17.6 Å². The van der Waals surface area contributed by atoms with Gasteiger partial charge in [0.2, 0.25) is 0 Å². The minimum absolute atomic E-state index is 0.0938. The van der Waals surface area contributed by atoms with Crippen molar-refractivity contribution in [1.82, 2.24) is 0 Å². The second-order valence-electron chi connectivity index (χ2n) is 9.04. The Morgan fingerprint density at radius 2 is 1.92 bits per heavy atom. The quantitative estimate of drug-likeness (QED) is 0.626. The maximum atomic E-state index is 12.5. The minimum atomic E-state index is -0.342. The third-order valence-corrected chi connectivity index (χ3v) is 8.01. The predicted molar refractivity (Wildman–Crippen MR) is 91.3 cm³/mol. The normalized spacial score (nSPS) is 46.2. The topological polar surface area (TPSA) is 35.5 Å². The van der Waals surface area contributed by atoms with Crippen molar-refractivity contribution in [3.63, 3.8) is 0 Å². The van der Waals surface area contributed by atoms with Crippen molar-refractivity contribution in [3.05, 3.63) is 23.3 Å². The molecule has 3 nitrogen and oxygen atoms in total. The molecule has 4 atom stereocenters. The first kappa shape index (κ1) is 15.3. The average molecular weight is 328 g/mol. The highest BCUT2D eigenvalue weighted by molar-refractivity contribution is 5.87. The second-order valence-corrected chi connectivity index (χ2v) is 9.04. The number of Topliss-reactive ketones (excluding diaryl/α,β-unsaturated/α-hetero) is 1. The number of hydrogen-bond donors (Lipinski definition) is 0. The van der Waals surface area contributed by atoms with Gasteiger partial charge in [0, 0.05) is 30.1 Å². The average Bonchev–Trinajstić information content (AvgIpc) is 3.14. The lowest BCUT2D eigenvalue weighted by molar-refractivity contribution is -0.175. The van der Waals surface area contributed by atoms with Gasteiger partial charge in [0.25, 0.3) is 0 Å². The number of carbonyl (C=O) groups is 1. The van der Waals surface area contributed by atoms with Crippen molar-refractivity contribution in [3.8, 4) is 0 Å². The number of fused-ring (bicyclic) bond motifs is 5. The Bertz CT molecular complexity index is 654. The molecule has 0 unspecified atom stereocenters. The van der Waals surface area contributed by atoms with Crippen LogP contribution in [0.25, 0.3) is 0 Å². The molecule has 5 rings (SSSR count). The monoisotopic (exact) mass is 328 g/mol. The van der Waals surface area contributed by atoms with E-state index < -0.39 is 0 Å². The van der Waals surface area contributed by atoms with Crippen LogP contribution in [0.15, 0.2) is 23.3 Å². The van der Waals surface area contributed by atoms with E-state index in [9.17, 15) is 4.79 Å². The van der Waals surface area contributed by atoms with Crippen LogP contribution in [0.1, 0.15) is 58.8 Å². The first-order valence-electron chi connectivity index (χ1n) is 9.68. The molecular weight excluding hydrogens is 300 g/mol. The van der Waals surface area contributed by atoms with Crippen LogP contribution in [0.5, 0.6) is 0 Å². The maximum Gasteiger partial charge on any atom is 0.172 e. The number of ether oxygens (including phenoxy) is 2. The zero-order valence-corrected chi connectivity index (χ0v) is 14.9. The third kappa shape index (κ3) is 1.83. The van der Waals surface area contributed by atoms with Gasteiger partial charge in [0.05, 0.1) is 13.2 Å². The summed E-state index contributed by atoms with van der Waals surface area (Å²) in [5.41, 5.74) is 3.22. The summed E-state index contributed by atoms with van der Waals surface area (Å²) < 4.78 is 12.0. The van der Waals surface area contributed by atoms with E-state index in [1.54, 1.807) is 5.57 Å². The van der Waals surface area contributed by atoms with E-state index in [0.717, 1.165) is 58.2 Å². The molecule has 130 valence electrons. The highest BCUT2D eigenvalue weighted by atomic mass is 16.7. The zero-order valence-electron chi connectivity index (χ0n) is 14.9. The minimum Gasteiger partial charge on any atom is -0.347 e. The lowest BCUT2D eigenvalue weighted by atomic mass is 9.52. The highest BCUT2D eigenvalue weighted by Crippen LogP contribution is 2.63. The molecule has 4 aliphatic carbocycles. The Morgan fingerprint density at radius 1 is 1.12 bits per heavy atom. The van der Waals surface area contributed by atoms with E-state index in [-0.39, 0.29) is 16.6 Å². The smallest absolute Gasteiger partial charge is 0.172 e. The molecule has 24 heavy (non-hydrogen) atoms. The molecule has 3 fully saturated rings. The molecule has 0 amide bonds. The Balaban J connectivity index is 1.51. The SMILES string of the molecule is C[C@]12CCC3(CC1=CC[C@@H]1C2=CC[C@]2(C)C(=O)CC[C@@H]12)OCCO3. The zero-order chi connectivity index (χ0) is 16.6. The van der Waals surface area contributed by atoms with Gasteiger partial charge in [-0.25, -0.2) is 0 Å². The molecule has 0 aromatic carbocycles. The molecule has 3 heteroatoms. The van der Waals surface area contributed by atoms with Gasteiger partial charge in [-0.05, 0) is 37.5 Å². The molecule has 2 saturated carbocycles. The summed E-state index contributed by atoms with van der Waals surface area (Å²) in [7, 11) is 0. The molecular formula is C21H28O3. The predicted octanol–water partition coefficient (Wildman–Crippen LogP) is 4.18. The second kappa shape index (κ2) is 4.82. The fourth-order valence-corrected chi connectivity index (χ4v) is 6.44. The van der Waals surface area contributed by atoms with Crippen LogP contribution in [0, 0.1) is 22.7 Å². The Kier molecular flexibility index (Phi) is 3.08. The molecule has 0 radical (unpaired) electrons. The standard InChI is InChI=1S/C21H28O3/c1-19-9-10-21(23-11-12-24-21)13-14(19)3-4-15-16-5-6-18(22)20(16,2)8-7-17(15)19/h3,7,15-16H,4-6,8-13H2,1-2H3/t15-,16-,19-,20-/m0/s1. The van der Waals surface area contributed by atoms with Crippen LogP contribution >= 0.6 is 0 Å². The van der Waals surface area contributed by atoms with Crippen LogP contribution in [-0.2, 0) is 14.3 Å². The Morgan fingerprint density at radius 3 is 2.71 bits per heavy atom. The van der Waals surface area contributed by atoms with Gasteiger partial charge < -0.3 is 9.47 Å². The number of carbonyl (C=O) groups excluding carboxylic acids is 1. The lowest BCUT2D eigenvalue weighted by Gasteiger charge is -2.53. The van der Waals surface area contributed by atoms with E-state index >= 15 is 0 Å². The van der Waals surface area contributed by atoms with Crippen LogP contribution < -0.4 is 0 Å². The van der Waals surface area contributed by atoms with E-state index in [1.165, 1.54) is 5.57 Å². The Hall–Kier alpha value is -0.930. The summed E-state index contributed by atoms with van der Waals surface area (Å²) >= 11 is 0. The highest BCUT2D eigenvalue weighted by Gasteiger charge is 2.57. The molecule has 0 aromatic heterocycles. The van der Waals surface area contributed by atoms with Crippen molar-refractivity contribution >= 4 is 5.78 Å². The Labute approximate surface area is 144 Å². The summed E-state index contributed by atoms with van der Waals surface area (Å²) in [6.45, 7) is 6.12. The van der Waals surface area contributed by atoms with Crippen LogP contribution in [-0.4, -0.2) is 24.8 Å². The first-order chi connectivity index (χ1) is 11.5. The van der Waals surface area contributed by atoms with E-state index in [2.05, 4.69) is 26.0 Å². The molecule has 0 bridgehead atoms. The fourth-order valence-electron chi connectivity index (χ4n) is 6.44. The summed E-state index contributed by atoms with van der Waals surface area (Å²) in [4.78, 5) is 12.5. The van der Waals surface area contributed by atoms with Gasteiger partial charge in [-0.3, -0.25) is 4.79 Å². The molecule has 0 N–H and O–H groups in total. The van der Waals surface area contributed by atoms with Crippen molar-refractivity contribution in [2.75, 3.05) is 13.2 Å². The molecule has 1 saturated heterocycles. The van der Waals surface area contributed by atoms with Gasteiger partial charge >= 0.3 is 0 Å². The molecule has 0 aromatic rings.